The first-order chi connectivity index (χ1) is 18.8. The van der Waals surface area contributed by atoms with Gasteiger partial charge in [-0.3, -0.25) is 4.79 Å². The fourth-order valence-corrected chi connectivity index (χ4v) is 6.21. The molecular weight excluding hydrogens is 535 g/mol. The molecule has 0 radical (unpaired) electrons. The van der Waals surface area contributed by atoms with Crippen molar-refractivity contribution in [1.29, 1.82) is 0 Å². The molecule has 4 aromatic carbocycles. The van der Waals surface area contributed by atoms with Crippen molar-refractivity contribution in [3.63, 3.8) is 0 Å². The number of amides is 1. The molecule has 39 heavy (non-hydrogen) atoms. The standard InChI is InChI=1S/C31H26ClFN2O3S/c32-29-17-16-27(39(37,38)35-18-4-5-19-35)21-30(29)34-31(36)28(20-22-8-14-26(33)15-9-22)25-12-10-24(11-13-25)23-6-2-1-3-7-23/h1-3,6-17,20-21H,4-5,18-19H2,(H,34,36). The molecule has 0 unspecified atom stereocenters. The molecule has 0 saturated carbocycles. The van der Waals surface area contributed by atoms with Crippen molar-refractivity contribution in [2.45, 2.75) is 17.7 Å². The molecule has 1 heterocycles. The molecule has 4 aromatic rings. The Hall–Kier alpha value is -3.78. The van der Waals surface area contributed by atoms with E-state index in [0.717, 1.165) is 24.0 Å². The molecule has 0 spiro atoms. The van der Waals surface area contributed by atoms with Crippen LogP contribution >= 0.6 is 11.6 Å². The predicted molar refractivity (Wildman–Crippen MR) is 154 cm³/mol. The van der Waals surface area contributed by atoms with E-state index in [1.54, 1.807) is 18.2 Å². The van der Waals surface area contributed by atoms with Crippen LogP contribution in [0.1, 0.15) is 24.0 Å². The summed E-state index contributed by atoms with van der Waals surface area (Å²) in [6.07, 6.45) is 3.29. The molecule has 0 aromatic heterocycles. The number of carbonyl (C=O) groups excluding carboxylic acids is 1. The summed E-state index contributed by atoms with van der Waals surface area (Å²) < 4.78 is 41.1. The Bertz CT molecular complexity index is 1620. The SMILES string of the molecule is O=C(Nc1cc(S(=O)(=O)N2CCCC2)ccc1Cl)C(=Cc1ccc(F)cc1)c1ccc(-c2ccccc2)cc1. The molecule has 5 nitrogen and oxygen atoms in total. The van der Waals surface area contributed by atoms with E-state index in [1.807, 2.05) is 54.6 Å². The number of nitrogens with zero attached hydrogens (tertiary/aromatic N) is 1. The number of hydrogen-bond acceptors (Lipinski definition) is 3. The molecule has 1 fully saturated rings. The van der Waals surface area contributed by atoms with E-state index in [0.29, 0.717) is 29.8 Å². The molecular formula is C31H26ClFN2O3S. The van der Waals surface area contributed by atoms with Crippen LogP contribution in [0.25, 0.3) is 22.8 Å². The number of sulfonamides is 1. The van der Waals surface area contributed by atoms with Crippen LogP contribution in [0.4, 0.5) is 10.1 Å². The van der Waals surface area contributed by atoms with Crippen molar-refractivity contribution in [3.8, 4) is 11.1 Å². The average Bonchev–Trinajstić information content (AvgIpc) is 3.51. The lowest BCUT2D eigenvalue weighted by Crippen LogP contribution is -2.28. The topological polar surface area (TPSA) is 66.5 Å². The third kappa shape index (κ3) is 6.11. The Kier molecular flexibility index (Phi) is 7.93. The summed E-state index contributed by atoms with van der Waals surface area (Å²) in [6.45, 7) is 0.937. The predicted octanol–water partition coefficient (Wildman–Crippen LogP) is 7.11. The lowest BCUT2D eigenvalue weighted by Gasteiger charge is -2.17. The van der Waals surface area contributed by atoms with E-state index in [4.69, 9.17) is 11.6 Å². The molecule has 1 aliphatic heterocycles. The molecule has 0 atom stereocenters. The van der Waals surface area contributed by atoms with Crippen LogP contribution in [-0.2, 0) is 14.8 Å². The highest BCUT2D eigenvalue weighted by Crippen LogP contribution is 2.30. The lowest BCUT2D eigenvalue weighted by atomic mass is 9.98. The molecule has 1 amide bonds. The lowest BCUT2D eigenvalue weighted by molar-refractivity contribution is -0.111. The first kappa shape index (κ1) is 26.8. The fourth-order valence-electron chi connectivity index (χ4n) is 4.51. The van der Waals surface area contributed by atoms with E-state index in [1.165, 1.54) is 34.6 Å². The first-order valence-corrected chi connectivity index (χ1v) is 14.4. The largest absolute Gasteiger partial charge is 0.321 e. The van der Waals surface area contributed by atoms with Gasteiger partial charge in [0.1, 0.15) is 5.82 Å². The van der Waals surface area contributed by atoms with Gasteiger partial charge < -0.3 is 5.32 Å². The zero-order chi connectivity index (χ0) is 27.4. The van der Waals surface area contributed by atoms with E-state index >= 15 is 0 Å². The van der Waals surface area contributed by atoms with Gasteiger partial charge in [-0.25, -0.2) is 12.8 Å². The molecule has 5 rings (SSSR count). The number of nitrogens with one attached hydrogen (secondary N) is 1. The van der Waals surface area contributed by atoms with E-state index in [9.17, 15) is 17.6 Å². The Labute approximate surface area is 232 Å². The van der Waals surface area contributed by atoms with Gasteiger partial charge in [0, 0.05) is 18.7 Å². The molecule has 1 aliphatic rings. The first-order valence-electron chi connectivity index (χ1n) is 12.6. The summed E-state index contributed by atoms with van der Waals surface area (Å²) in [5.74, 6) is -0.863. The van der Waals surface area contributed by atoms with Crippen LogP contribution in [0.3, 0.4) is 0 Å². The van der Waals surface area contributed by atoms with Gasteiger partial charge in [0.2, 0.25) is 10.0 Å². The minimum atomic E-state index is -3.70. The second-order valence-corrected chi connectivity index (χ2v) is 11.6. The Morgan fingerprint density at radius 3 is 2.15 bits per heavy atom. The van der Waals surface area contributed by atoms with Crippen LogP contribution in [0.5, 0.6) is 0 Å². The fraction of sp³-hybridized carbons (Fsp3) is 0.129. The van der Waals surface area contributed by atoms with Crippen molar-refractivity contribution in [1.82, 2.24) is 4.31 Å². The number of benzene rings is 4. The number of carbonyl (C=O) groups is 1. The summed E-state index contributed by atoms with van der Waals surface area (Å²) in [5, 5.41) is 3.01. The van der Waals surface area contributed by atoms with Gasteiger partial charge in [-0.2, -0.15) is 4.31 Å². The summed E-state index contributed by atoms with van der Waals surface area (Å²) in [7, 11) is -3.70. The zero-order valence-corrected chi connectivity index (χ0v) is 22.6. The van der Waals surface area contributed by atoms with Gasteiger partial charge >= 0.3 is 0 Å². The molecule has 0 bridgehead atoms. The normalized spacial score (nSPS) is 14.4. The summed E-state index contributed by atoms with van der Waals surface area (Å²) in [6, 6.07) is 27.5. The number of anilines is 1. The van der Waals surface area contributed by atoms with Crippen LogP contribution < -0.4 is 5.32 Å². The maximum Gasteiger partial charge on any atom is 0.256 e. The molecule has 1 saturated heterocycles. The monoisotopic (exact) mass is 560 g/mol. The Morgan fingerprint density at radius 1 is 0.846 bits per heavy atom. The number of halogens is 2. The van der Waals surface area contributed by atoms with Crippen molar-refractivity contribution in [2.24, 2.45) is 0 Å². The van der Waals surface area contributed by atoms with Gasteiger partial charge in [-0.15, -0.1) is 0 Å². The smallest absolute Gasteiger partial charge is 0.256 e. The summed E-state index contributed by atoms with van der Waals surface area (Å²) >= 11 is 6.38. The van der Waals surface area contributed by atoms with Gasteiger partial charge in [-0.05, 0) is 71.5 Å². The van der Waals surface area contributed by atoms with Crippen molar-refractivity contribution in [3.05, 3.63) is 119 Å². The second-order valence-electron chi connectivity index (χ2n) is 9.26. The highest BCUT2D eigenvalue weighted by Gasteiger charge is 2.28. The van der Waals surface area contributed by atoms with Gasteiger partial charge in [-0.1, -0.05) is 78.3 Å². The van der Waals surface area contributed by atoms with Crippen LogP contribution in [0, 0.1) is 5.82 Å². The highest BCUT2D eigenvalue weighted by molar-refractivity contribution is 7.89. The summed E-state index contributed by atoms with van der Waals surface area (Å²) in [4.78, 5) is 13.7. The number of rotatable bonds is 7. The van der Waals surface area contributed by atoms with Crippen LogP contribution in [0.2, 0.25) is 5.02 Å². The molecule has 8 heteroatoms. The number of hydrogen-bond donors (Lipinski definition) is 1. The van der Waals surface area contributed by atoms with Gasteiger partial charge in [0.05, 0.1) is 15.6 Å². The van der Waals surface area contributed by atoms with E-state index in [2.05, 4.69) is 5.32 Å². The van der Waals surface area contributed by atoms with Crippen molar-refractivity contribution < 1.29 is 17.6 Å². The molecule has 0 aliphatic carbocycles. The Balaban J connectivity index is 1.49. The second kappa shape index (κ2) is 11.5. The maximum atomic E-state index is 13.6. The van der Waals surface area contributed by atoms with Crippen LogP contribution in [-0.4, -0.2) is 31.7 Å². The van der Waals surface area contributed by atoms with Crippen molar-refractivity contribution >= 4 is 44.9 Å². The van der Waals surface area contributed by atoms with Crippen molar-refractivity contribution in [2.75, 3.05) is 18.4 Å². The highest BCUT2D eigenvalue weighted by atomic mass is 35.5. The third-order valence-corrected chi connectivity index (χ3v) is 8.84. The minimum absolute atomic E-state index is 0.0698. The van der Waals surface area contributed by atoms with E-state index in [-0.39, 0.29) is 21.4 Å². The third-order valence-electron chi connectivity index (χ3n) is 6.62. The average molecular weight is 561 g/mol. The molecule has 198 valence electrons. The van der Waals surface area contributed by atoms with Gasteiger partial charge in [0.25, 0.3) is 5.91 Å². The maximum absolute atomic E-state index is 13.6. The zero-order valence-electron chi connectivity index (χ0n) is 21.0. The van der Waals surface area contributed by atoms with Gasteiger partial charge in [0.15, 0.2) is 0 Å². The minimum Gasteiger partial charge on any atom is -0.321 e. The van der Waals surface area contributed by atoms with E-state index < -0.39 is 15.9 Å². The van der Waals surface area contributed by atoms with Crippen LogP contribution in [0.15, 0.2) is 102 Å². The Morgan fingerprint density at radius 2 is 1.49 bits per heavy atom. The quantitative estimate of drug-likeness (QED) is 0.193. The molecule has 1 N–H and O–H groups in total. The summed E-state index contributed by atoms with van der Waals surface area (Å²) in [5.41, 5.74) is 3.79.